The van der Waals surface area contributed by atoms with Crippen LogP contribution >= 0.6 is 0 Å². The number of ether oxygens (including phenoxy) is 1. The highest BCUT2D eigenvalue weighted by atomic mass is 16.5. The van der Waals surface area contributed by atoms with Gasteiger partial charge in [0.15, 0.2) is 0 Å². The second kappa shape index (κ2) is 11.1. The van der Waals surface area contributed by atoms with Crippen molar-refractivity contribution in [1.82, 2.24) is 20.4 Å². The molecule has 0 unspecified atom stereocenters. The zero-order valence-corrected chi connectivity index (χ0v) is 22.9. The van der Waals surface area contributed by atoms with E-state index in [0.29, 0.717) is 42.3 Å². The molecule has 1 aromatic carbocycles. The molecule has 5 rings (SSSR count). The zero-order chi connectivity index (χ0) is 27.0. The third-order valence-corrected chi connectivity index (χ3v) is 8.20. The minimum Gasteiger partial charge on any atom is -0.491 e. The Morgan fingerprint density at radius 1 is 1.11 bits per heavy atom. The van der Waals surface area contributed by atoms with Gasteiger partial charge >= 0.3 is 0 Å². The highest BCUT2D eigenvalue weighted by molar-refractivity contribution is 6.01. The van der Waals surface area contributed by atoms with Gasteiger partial charge in [-0.25, -0.2) is 0 Å². The van der Waals surface area contributed by atoms with E-state index in [4.69, 9.17) is 10.5 Å². The Labute approximate surface area is 225 Å². The second-order valence-electron chi connectivity index (χ2n) is 11.9. The molecule has 0 spiro atoms. The number of rotatable bonds is 12. The Morgan fingerprint density at radius 3 is 2.45 bits per heavy atom. The molecule has 2 amide bonds. The molecule has 38 heavy (non-hydrogen) atoms. The van der Waals surface area contributed by atoms with Crippen LogP contribution in [-0.4, -0.2) is 46.8 Å². The van der Waals surface area contributed by atoms with E-state index in [9.17, 15) is 9.59 Å². The van der Waals surface area contributed by atoms with E-state index in [1.54, 1.807) is 16.9 Å². The highest BCUT2D eigenvalue weighted by Crippen LogP contribution is 2.51. The zero-order valence-electron chi connectivity index (χ0n) is 22.9. The molecule has 2 saturated carbocycles. The molecule has 3 atom stereocenters. The Morgan fingerprint density at radius 2 is 1.82 bits per heavy atom. The van der Waals surface area contributed by atoms with Gasteiger partial charge in [0.05, 0.1) is 6.04 Å². The van der Waals surface area contributed by atoms with Gasteiger partial charge in [0.25, 0.3) is 5.91 Å². The Bertz CT molecular complexity index is 1140. The number of aromatic nitrogens is 2. The maximum atomic E-state index is 13.7. The summed E-state index contributed by atoms with van der Waals surface area (Å²) in [7, 11) is 0. The van der Waals surface area contributed by atoms with Gasteiger partial charge in [0.2, 0.25) is 5.91 Å². The predicted octanol–water partition coefficient (Wildman–Crippen LogP) is 3.64. The van der Waals surface area contributed by atoms with E-state index in [-0.39, 0.29) is 35.9 Å². The summed E-state index contributed by atoms with van der Waals surface area (Å²) in [5.74, 6) is 1.86. The molecule has 206 valence electrons. The first-order valence-electron chi connectivity index (χ1n) is 14.1. The molecule has 5 N–H and O–H groups in total. The number of benzene rings is 1. The van der Waals surface area contributed by atoms with Crippen molar-refractivity contribution in [3.63, 3.8) is 0 Å². The normalized spacial score (nSPS) is 20.4. The molecule has 0 radical (unpaired) electrons. The van der Waals surface area contributed by atoms with Crippen molar-refractivity contribution in [1.29, 1.82) is 0 Å². The van der Waals surface area contributed by atoms with Gasteiger partial charge < -0.3 is 26.4 Å². The van der Waals surface area contributed by atoms with Gasteiger partial charge in [0.1, 0.15) is 24.1 Å². The maximum Gasteiger partial charge on any atom is 0.270 e. The second-order valence-corrected chi connectivity index (χ2v) is 11.9. The van der Waals surface area contributed by atoms with Crippen molar-refractivity contribution < 1.29 is 14.3 Å². The largest absolute Gasteiger partial charge is 0.491 e. The van der Waals surface area contributed by atoms with Crippen LogP contribution in [0.25, 0.3) is 0 Å². The standard InChI is InChI=1S/C29H42N6O3/c1-16(2)22(30)14-31-23-15-38-25-13-20(9-10-21(23)25)33-29(37)27(26(18-5-6-18)19-7-8-19)34-28(36)24-11-12-32-35(24)17(3)4/h9-13,16-19,22-23,26-27,31H,5-8,14-15,30H2,1-4H3,(H,33,37)(H,34,36)/t22-,23+,27-/m0/s1. The molecule has 2 fully saturated rings. The predicted molar refractivity (Wildman–Crippen MR) is 147 cm³/mol. The summed E-state index contributed by atoms with van der Waals surface area (Å²) < 4.78 is 7.64. The summed E-state index contributed by atoms with van der Waals surface area (Å²) in [5, 5.41) is 14.0. The molecule has 9 heteroatoms. The van der Waals surface area contributed by atoms with Crippen LogP contribution in [0.2, 0.25) is 0 Å². The van der Waals surface area contributed by atoms with Crippen LogP contribution in [0.3, 0.4) is 0 Å². The average Bonchev–Trinajstić information content (AvgIpc) is 3.81. The van der Waals surface area contributed by atoms with Crippen LogP contribution < -0.4 is 26.4 Å². The fourth-order valence-corrected chi connectivity index (χ4v) is 5.54. The molecule has 2 aromatic rings. The molecule has 2 aliphatic carbocycles. The maximum absolute atomic E-state index is 13.7. The van der Waals surface area contributed by atoms with Crippen LogP contribution in [-0.2, 0) is 4.79 Å². The number of nitrogens with one attached hydrogen (secondary N) is 3. The number of hydrogen-bond donors (Lipinski definition) is 4. The Kier molecular flexibility index (Phi) is 7.77. The fourth-order valence-electron chi connectivity index (χ4n) is 5.54. The lowest BCUT2D eigenvalue weighted by atomic mass is 9.88. The molecule has 0 saturated heterocycles. The van der Waals surface area contributed by atoms with Crippen molar-refractivity contribution in [2.45, 2.75) is 77.5 Å². The summed E-state index contributed by atoms with van der Waals surface area (Å²) in [6.45, 7) is 9.45. The van der Waals surface area contributed by atoms with Gasteiger partial charge in [-0.15, -0.1) is 0 Å². The summed E-state index contributed by atoms with van der Waals surface area (Å²) in [6, 6.07) is 7.12. The quantitative estimate of drug-likeness (QED) is 0.338. The Hall–Kier alpha value is -2.91. The number of carbonyl (C=O) groups is 2. The summed E-state index contributed by atoms with van der Waals surface area (Å²) in [5.41, 5.74) is 8.42. The van der Waals surface area contributed by atoms with Crippen LogP contribution in [0.1, 0.15) is 81.5 Å². The first kappa shape index (κ1) is 26.7. The summed E-state index contributed by atoms with van der Waals surface area (Å²) >= 11 is 0. The number of carbonyl (C=O) groups excluding carboxylic acids is 2. The minimum absolute atomic E-state index is 0.0477. The van der Waals surface area contributed by atoms with Crippen LogP contribution in [0.4, 0.5) is 5.69 Å². The van der Waals surface area contributed by atoms with Gasteiger partial charge in [-0.2, -0.15) is 5.10 Å². The lowest BCUT2D eigenvalue weighted by Gasteiger charge is -2.28. The van der Waals surface area contributed by atoms with Gasteiger partial charge in [-0.05, 0) is 75.3 Å². The molecular formula is C29H42N6O3. The third kappa shape index (κ3) is 5.89. The van der Waals surface area contributed by atoms with E-state index in [1.807, 2.05) is 32.0 Å². The lowest BCUT2D eigenvalue weighted by Crippen LogP contribution is -2.50. The van der Waals surface area contributed by atoms with Crippen LogP contribution in [0, 0.1) is 23.7 Å². The number of fused-ring (bicyclic) bond motifs is 1. The van der Waals surface area contributed by atoms with Crippen molar-refractivity contribution >= 4 is 17.5 Å². The summed E-state index contributed by atoms with van der Waals surface area (Å²) in [6.07, 6.45) is 6.10. The number of anilines is 1. The molecule has 2 heterocycles. The van der Waals surface area contributed by atoms with Gasteiger partial charge in [-0.1, -0.05) is 19.9 Å². The van der Waals surface area contributed by atoms with Crippen molar-refractivity contribution in [3.8, 4) is 5.75 Å². The van der Waals surface area contributed by atoms with Crippen LogP contribution in [0.15, 0.2) is 30.5 Å². The smallest absolute Gasteiger partial charge is 0.270 e. The lowest BCUT2D eigenvalue weighted by molar-refractivity contribution is -0.119. The van der Waals surface area contributed by atoms with Crippen molar-refractivity contribution in [2.24, 2.45) is 29.4 Å². The SMILES string of the molecule is CC(C)[C@@H](N)CN[C@@H]1COc2cc(NC(=O)[C@@H](NC(=O)c3ccnn3C(C)C)C(C3CC3)C3CC3)ccc21. The molecule has 1 aromatic heterocycles. The van der Waals surface area contributed by atoms with E-state index < -0.39 is 6.04 Å². The Balaban J connectivity index is 1.30. The van der Waals surface area contributed by atoms with Crippen molar-refractivity contribution in [2.75, 3.05) is 18.5 Å². The van der Waals surface area contributed by atoms with Gasteiger partial charge in [0, 0.05) is 42.1 Å². The monoisotopic (exact) mass is 522 g/mol. The molecular weight excluding hydrogens is 480 g/mol. The number of hydrogen-bond acceptors (Lipinski definition) is 6. The first-order chi connectivity index (χ1) is 18.2. The number of amides is 2. The number of nitrogens with two attached hydrogens (primary N) is 1. The number of nitrogens with zero attached hydrogens (tertiary/aromatic N) is 2. The summed E-state index contributed by atoms with van der Waals surface area (Å²) in [4.78, 5) is 27.1. The van der Waals surface area contributed by atoms with E-state index in [1.165, 1.54) is 0 Å². The minimum atomic E-state index is -0.598. The third-order valence-electron chi connectivity index (χ3n) is 8.20. The molecule has 0 bridgehead atoms. The van der Waals surface area contributed by atoms with E-state index in [0.717, 1.165) is 37.0 Å². The van der Waals surface area contributed by atoms with Crippen LogP contribution in [0.5, 0.6) is 5.75 Å². The molecule has 3 aliphatic rings. The molecule has 9 nitrogen and oxygen atoms in total. The highest BCUT2D eigenvalue weighted by Gasteiger charge is 2.48. The van der Waals surface area contributed by atoms with Gasteiger partial charge in [-0.3, -0.25) is 14.3 Å². The fraction of sp³-hybridized carbons (Fsp3) is 0.621. The first-order valence-corrected chi connectivity index (χ1v) is 14.1. The average molecular weight is 523 g/mol. The van der Waals surface area contributed by atoms with E-state index >= 15 is 0 Å². The topological polar surface area (TPSA) is 123 Å². The van der Waals surface area contributed by atoms with Crippen molar-refractivity contribution in [3.05, 3.63) is 41.7 Å². The molecule has 1 aliphatic heterocycles. The van der Waals surface area contributed by atoms with E-state index in [2.05, 4.69) is 34.9 Å².